The monoisotopic (exact) mass is 499 g/mol. The van der Waals surface area contributed by atoms with Gasteiger partial charge in [-0.2, -0.15) is 0 Å². The summed E-state index contributed by atoms with van der Waals surface area (Å²) in [6, 6.07) is 0. The lowest BCUT2D eigenvalue weighted by Crippen LogP contribution is -2.47. The Bertz CT molecular complexity index is 492. The van der Waals surface area contributed by atoms with E-state index in [4.69, 9.17) is 0 Å². The lowest BCUT2D eigenvalue weighted by molar-refractivity contribution is -0.123. The zero-order valence-electron chi connectivity index (χ0n) is 20.7. The number of carbonyl (C=O) groups excluding carboxylic acids is 1. The average molecular weight is 500 g/mol. The smallest absolute Gasteiger partial charge is 0.220 e. The number of hydrogen-bond acceptors (Lipinski definition) is 4. The molecule has 4 rings (SSSR count). The van der Waals surface area contributed by atoms with Crippen molar-refractivity contribution in [3.05, 3.63) is 0 Å². The second kappa shape index (κ2) is 15.5. The van der Waals surface area contributed by atoms with Crippen LogP contribution < -0.4 is 5.32 Å². The normalized spacial score (nSPS) is 28.3. The fraction of sp³-hybridized carbons (Fsp3) is 0.963. The Hall–Kier alpha value is 0.520. The van der Waals surface area contributed by atoms with Crippen molar-refractivity contribution in [2.75, 3.05) is 6.54 Å². The third-order valence-electron chi connectivity index (χ3n) is 7.60. The summed E-state index contributed by atoms with van der Waals surface area (Å²) in [6.07, 6.45) is 27.0. The van der Waals surface area contributed by atoms with Gasteiger partial charge in [0.2, 0.25) is 5.91 Å². The van der Waals surface area contributed by atoms with Crippen LogP contribution in [0.25, 0.3) is 0 Å². The van der Waals surface area contributed by atoms with Crippen molar-refractivity contribution >= 4 is 41.2 Å². The molecule has 4 fully saturated rings. The van der Waals surface area contributed by atoms with Gasteiger partial charge in [0.15, 0.2) is 0 Å². The van der Waals surface area contributed by atoms with Crippen LogP contribution in [0.2, 0.25) is 0 Å². The van der Waals surface area contributed by atoms with Gasteiger partial charge in [-0.05, 0) is 31.1 Å². The van der Waals surface area contributed by atoms with Crippen LogP contribution in [0.3, 0.4) is 0 Å². The summed E-state index contributed by atoms with van der Waals surface area (Å²) in [5.41, 5.74) is 0.334. The molecule has 0 unspecified atom stereocenters. The SMILES string of the molecule is CCCCCCCCCCCCCCCCCCNC(=O)CC12CC3SC(C1)SC(C2)S3. The summed E-state index contributed by atoms with van der Waals surface area (Å²) >= 11 is 6.50. The van der Waals surface area contributed by atoms with Crippen molar-refractivity contribution in [1.29, 1.82) is 0 Å². The van der Waals surface area contributed by atoms with E-state index in [1.165, 1.54) is 116 Å². The maximum Gasteiger partial charge on any atom is 0.220 e. The summed E-state index contributed by atoms with van der Waals surface area (Å²) < 4.78 is 2.30. The number of nitrogens with one attached hydrogen (secondary N) is 1. The molecule has 186 valence electrons. The molecule has 5 heteroatoms. The maximum atomic E-state index is 12.6. The molecule has 4 bridgehead atoms. The van der Waals surface area contributed by atoms with Crippen molar-refractivity contribution < 1.29 is 4.79 Å². The molecule has 0 radical (unpaired) electrons. The van der Waals surface area contributed by atoms with E-state index in [2.05, 4.69) is 47.5 Å². The van der Waals surface area contributed by atoms with Crippen molar-refractivity contribution in [2.45, 2.75) is 149 Å². The van der Waals surface area contributed by atoms with Gasteiger partial charge in [0.05, 0.1) is 13.7 Å². The molecule has 0 saturated carbocycles. The maximum absolute atomic E-state index is 12.6. The number of thioether (sulfide) groups is 3. The quantitative estimate of drug-likeness (QED) is 0.179. The minimum absolute atomic E-state index is 0.327. The zero-order chi connectivity index (χ0) is 22.5. The lowest BCUT2D eigenvalue weighted by Gasteiger charge is -2.55. The minimum Gasteiger partial charge on any atom is -0.356 e. The molecular weight excluding hydrogens is 451 g/mol. The molecule has 0 aliphatic carbocycles. The average Bonchev–Trinajstić information content (AvgIpc) is 2.74. The topological polar surface area (TPSA) is 29.1 Å². The number of unbranched alkanes of at least 4 members (excludes halogenated alkanes) is 15. The molecule has 0 aromatic heterocycles. The van der Waals surface area contributed by atoms with E-state index in [0.29, 0.717) is 11.3 Å². The van der Waals surface area contributed by atoms with E-state index >= 15 is 0 Å². The molecule has 0 atom stereocenters. The highest BCUT2D eigenvalue weighted by Gasteiger charge is 2.53. The fourth-order valence-corrected chi connectivity index (χ4v) is 13.3. The number of amides is 1. The molecular formula is C27H49NOS3. The van der Waals surface area contributed by atoms with Crippen LogP contribution in [0.15, 0.2) is 0 Å². The van der Waals surface area contributed by atoms with Gasteiger partial charge in [-0.15, -0.1) is 35.3 Å². The predicted molar refractivity (Wildman–Crippen MR) is 148 cm³/mol. The van der Waals surface area contributed by atoms with E-state index in [0.717, 1.165) is 33.1 Å². The molecule has 1 amide bonds. The molecule has 4 aliphatic heterocycles. The van der Waals surface area contributed by atoms with Gasteiger partial charge in [-0.25, -0.2) is 0 Å². The Kier molecular flexibility index (Phi) is 13.1. The minimum atomic E-state index is 0.327. The van der Waals surface area contributed by atoms with Gasteiger partial charge in [-0.1, -0.05) is 103 Å². The lowest BCUT2D eigenvalue weighted by atomic mass is 9.75. The van der Waals surface area contributed by atoms with Crippen LogP contribution in [0.1, 0.15) is 135 Å². The highest BCUT2D eigenvalue weighted by Crippen LogP contribution is 2.67. The van der Waals surface area contributed by atoms with Crippen LogP contribution in [-0.2, 0) is 4.79 Å². The summed E-state index contributed by atoms with van der Waals surface area (Å²) in [7, 11) is 0. The van der Waals surface area contributed by atoms with Crippen molar-refractivity contribution in [3.8, 4) is 0 Å². The van der Waals surface area contributed by atoms with Crippen molar-refractivity contribution in [1.82, 2.24) is 5.32 Å². The first-order valence-electron chi connectivity index (χ1n) is 13.9. The number of hydrogen-bond donors (Lipinski definition) is 1. The standard InChI is InChI=1S/C27H49NOS3/c1-2-3-4-5-6-7-8-9-10-11-12-13-14-15-16-17-18-28-23(29)19-27-20-24-30-25(21-27)32-26(22-27)31-24/h24-26H,2-22H2,1H3,(H,28,29). The van der Waals surface area contributed by atoms with Crippen LogP contribution in [0.5, 0.6) is 0 Å². The molecule has 1 N–H and O–H groups in total. The first kappa shape index (κ1) is 27.1. The van der Waals surface area contributed by atoms with E-state index in [-0.39, 0.29) is 0 Å². The highest BCUT2D eigenvalue weighted by atomic mass is 32.3. The van der Waals surface area contributed by atoms with E-state index < -0.39 is 0 Å². The number of rotatable bonds is 19. The third-order valence-corrected chi connectivity index (χ3v) is 12.4. The van der Waals surface area contributed by atoms with Crippen LogP contribution in [-0.4, -0.2) is 26.2 Å². The van der Waals surface area contributed by atoms with Crippen LogP contribution in [0, 0.1) is 5.41 Å². The van der Waals surface area contributed by atoms with E-state index in [1.54, 1.807) is 0 Å². The molecule has 2 nitrogen and oxygen atoms in total. The molecule has 4 saturated heterocycles. The molecule has 32 heavy (non-hydrogen) atoms. The van der Waals surface area contributed by atoms with Gasteiger partial charge in [0.25, 0.3) is 0 Å². The predicted octanol–water partition coefficient (Wildman–Crippen LogP) is 9.13. The third kappa shape index (κ3) is 10.0. The Morgan fingerprint density at radius 3 is 1.44 bits per heavy atom. The first-order chi connectivity index (χ1) is 15.7. The molecule has 0 aromatic rings. The summed E-state index contributed by atoms with van der Waals surface area (Å²) in [6.45, 7) is 3.18. The largest absolute Gasteiger partial charge is 0.356 e. The second-order valence-electron chi connectivity index (χ2n) is 10.6. The van der Waals surface area contributed by atoms with Gasteiger partial charge in [-0.3, -0.25) is 4.79 Å². The second-order valence-corrected chi connectivity index (χ2v) is 15.8. The Labute approximate surface area is 211 Å². The zero-order valence-corrected chi connectivity index (χ0v) is 23.2. The Morgan fingerprint density at radius 2 is 1.03 bits per heavy atom. The van der Waals surface area contributed by atoms with Crippen LogP contribution >= 0.6 is 35.3 Å². The summed E-state index contributed by atoms with van der Waals surface area (Å²) in [4.78, 5) is 12.6. The van der Waals surface area contributed by atoms with Gasteiger partial charge >= 0.3 is 0 Å². The molecule has 0 aromatic carbocycles. The van der Waals surface area contributed by atoms with Crippen molar-refractivity contribution in [2.24, 2.45) is 5.41 Å². The summed E-state index contributed by atoms with van der Waals surface area (Å²) in [5, 5.41) is 3.25. The first-order valence-corrected chi connectivity index (χ1v) is 16.7. The van der Waals surface area contributed by atoms with Gasteiger partial charge in [0, 0.05) is 13.0 Å². The van der Waals surface area contributed by atoms with E-state index in [1.807, 2.05) is 0 Å². The van der Waals surface area contributed by atoms with E-state index in [9.17, 15) is 4.79 Å². The molecule has 4 aliphatic rings. The molecule has 0 spiro atoms. The Balaban J connectivity index is 1.06. The highest BCUT2D eigenvalue weighted by molar-refractivity contribution is 8.33. The van der Waals surface area contributed by atoms with Gasteiger partial charge in [0.1, 0.15) is 0 Å². The van der Waals surface area contributed by atoms with Crippen LogP contribution in [0.4, 0.5) is 0 Å². The van der Waals surface area contributed by atoms with Gasteiger partial charge < -0.3 is 5.32 Å². The Morgan fingerprint density at radius 1 is 0.656 bits per heavy atom. The summed E-state index contributed by atoms with van der Waals surface area (Å²) in [5.74, 6) is 0.327. The molecule has 4 heterocycles. The number of carbonyl (C=O) groups is 1. The fourth-order valence-electron chi connectivity index (χ4n) is 5.72. The van der Waals surface area contributed by atoms with Crippen molar-refractivity contribution in [3.63, 3.8) is 0 Å².